The molecule has 0 fully saturated rings. The Bertz CT molecular complexity index is 620. The summed E-state index contributed by atoms with van der Waals surface area (Å²) in [6, 6.07) is 1.59. The van der Waals surface area contributed by atoms with Crippen molar-refractivity contribution in [2.75, 3.05) is 14.2 Å². The predicted molar refractivity (Wildman–Crippen MR) is 81.7 cm³/mol. The molecule has 0 spiro atoms. The van der Waals surface area contributed by atoms with Crippen molar-refractivity contribution >= 4 is 69.5 Å². The Morgan fingerprint density at radius 1 is 1.25 bits per heavy atom. The van der Waals surface area contributed by atoms with Gasteiger partial charge in [-0.1, -0.05) is 46.4 Å². The average Bonchev–Trinajstić information content (AvgIpc) is 2.41. The Hall–Kier alpha value is -0.460. The van der Waals surface area contributed by atoms with E-state index in [4.69, 9.17) is 51.1 Å². The van der Waals surface area contributed by atoms with E-state index in [-0.39, 0.29) is 15.2 Å². The van der Waals surface area contributed by atoms with Crippen LogP contribution in [0.15, 0.2) is 16.1 Å². The molecule has 0 aliphatic carbocycles. The summed E-state index contributed by atoms with van der Waals surface area (Å²) in [5, 5.41) is 0.652. The van der Waals surface area contributed by atoms with Crippen molar-refractivity contribution in [3.63, 3.8) is 0 Å². The third-order valence-corrected chi connectivity index (χ3v) is 5.05. The smallest absolute Gasteiger partial charge is 0.425 e. The van der Waals surface area contributed by atoms with E-state index in [1.54, 1.807) is 6.07 Å². The van der Waals surface area contributed by atoms with Crippen molar-refractivity contribution in [3.8, 4) is 5.75 Å². The Morgan fingerprint density at radius 3 is 2.45 bits per heavy atom. The number of nitrogens with zero attached hydrogens (tertiary/aromatic N) is 1. The van der Waals surface area contributed by atoms with Crippen molar-refractivity contribution in [1.29, 1.82) is 0 Å². The van der Waals surface area contributed by atoms with Crippen LogP contribution in [0.2, 0.25) is 10.0 Å². The van der Waals surface area contributed by atoms with Crippen LogP contribution in [0.3, 0.4) is 0 Å². The van der Waals surface area contributed by atoms with Gasteiger partial charge in [0.25, 0.3) is 0 Å². The first kappa shape index (κ1) is 15.9. The molecule has 1 amide bonds. The molecule has 9 heteroatoms. The Balaban J connectivity index is 2.64. The van der Waals surface area contributed by atoms with Gasteiger partial charge in [0.15, 0.2) is 5.75 Å². The second-order valence-corrected chi connectivity index (χ2v) is 6.05. The highest BCUT2D eigenvalue weighted by Crippen LogP contribution is 2.51. The second-order valence-electron chi connectivity index (χ2n) is 3.54. The third kappa shape index (κ3) is 2.53. The van der Waals surface area contributed by atoms with Crippen LogP contribution >= 0.6 is 58.4 Å². The third-order valence-electron chi connectivity index (χ3n) is 2.45. The standard InChI is InChI=1S/C11H7Cl4NO3S/c1-18-9-4(12)3-5-6(7(9)13)8(14)10(15)16(20-5)11(17)19-2/h3H,1-2H3. The molecular weight excluding hydrogens is 368 g/mol. The molecule has 20 heavy (non-hydrogen) atoms. The first-order valence-corrected chi connectivity index (χ1v) is 7.38. The van der Waals surface area contributed by atoms with Crippen LogP contribution in [-0.2, 0) is 4.74 Å². The molecule has 2 rings (SSSR count). The number of halogens is 4. The summed E-state index contributed by atoms with van der Waals surface area (Å²) in [5.74, 6) is 0.293. The lowest BCUT2D eigenvalue weighted by molar-refractivity contribution is 0.160. The van der Waals surface area contributed by atoms with E-state index in [0.29, 0.717) is 21.2 Å². The number of methoxy groups -OCH3 is 2. The molecule has 0 bridgehead atoms. The second kappa shape index (κ2) is 6.12. The zero-order chi connectivity index (χ0) is 15.0. The summed E-state index contributed by atoms with van der Waals surface area (Å²) in [7, 11) is 2.68. The largest absolute Gasteiger partial charge is 0.494 e. The van der Waals surface area contributed by atoms with Gasteiger partial charge in [-0.3, -0.25) is 0 Å². The molecule has 0 radical (unpaired) electrons. The topological polar surface area (TPSA) is 38.8 Å². The highest BCUT2D eigenvalue weighted by atomic mass is 35.5. The molecule has 0 saturated heterocycles. The summed E-state index contributed by atoms with van der Waals surface area (Å²) in [5.41, 5.74) is 0.463. The van der Waals surface area contributed by atoms with Crippen LogP contribution in [0.4, 0.5) is 4.79 Å². The van der Waals surface area contributed by atoms with Gasteiger partial charge < -0.3 is 9.47 Å². The van der Waals surface area contributed by atoms with E-state index in [2.05, 4.69) is 4.74 Å². The van der Waals surface area contributed by atoms with Crippen molar-refractivity contribution in [2.24, 2.45) is 0 Å². The Kier molecular flexibility index (Phi) is 4.87. The SMILES string of the molecule is COC(=O)N1Sc2cc(Cl)c(OC)c(Cl)c2C(Cl)=C1Cl. The van der Waals surface area contributed by atoms with E-state index < -0.39 is 6.09 Å². The Morgan fingerprint density at radius 2 is 1.90 bits per heavy atom. The zero-order valence-corrected chi connectivity index (χ0v) is 14.0. The minimum absolute atomic E-state index is 0.00212. The number of rotatable bonds is 1. The number of benzene rings is 1. The molecule has 0 unspecified atom stereocenters. The molecular formula is C11H7Cl4NO3S. The number of fused-ring (bicyclic) bond motifs is 1. The summed E-state index contributed by atoms with van der Waals surface area (Å²) in [6.45, 7) is 0. The predicted octanol–water partition coefficient (Wildman–Crippen LogP) is 5.19. The van der Waals surface area contributed by atoms with Crippen LogP contribution in [-0.4, -0.2) is 24.6 Å². The maximum Gasteiger partial charge on any atom is 0.425 e. The minimum atomic E-state index is -0.660. The maximum atomic E-state index is 11.6. The first-order chi connectivity index (χ1) is 9.42. The van der Waals surface area contributed by atoms with Crippen LogP contribution in [0.25, 0.3) is 5.03 Å². The van der Waals surface area contributed by atoms with Gasteiger partial charge >= 0.3 is 6.09 Å². The highest BCUT2D eigenvalue weighted by molar-refractivity contribution is 7.97. The monoisotopic (exact) mass is 373 g/mol. The molecule has 1 aromatic carbocycles. The van der Waals surface area contributed by atoms with Gasteiger partial charge in [0.2, 0.25) is 0 Å². The van der Waals surface area contributed by atoms with Gasteiger partial charge in [-0.2, -0.15) is 0 Å². The van der Waals surface area contributed by atoms with Crippen LogP contribution < -0.4 is 4.74 Å². The number of hydrogen-bond acceptors (Lipinski definition) is 4. The van der Waals surface area contributed by atoms with Crippen LogP contribution in [0, 0.1) is 0 Å². The fourth-order valence-corrected chi connectivity index (χ4v) is 4.08. The van der Waals surface area contributed by atoms with Crippen molar-refractivity contribution in [1.82, 2.24) is 4.31 Å². The van der Waals surface area contributed by atoms with Gasteiger partial charge in [0, 0.05) is 22.4 Å². The van der Waals surface area contributed by atoms with Gasteiger partial charge in [-0.25, -0.2) is 9.10 Å². The molecule has 1 heterocycles. The van der Waals surface area contributed by atoms with Gasteiger partial charge in [-0.15, -0.1) is 0 Å². The number of ether oxygens (including phenoxy) is 2. The molecule has 1 aliphatic heterocycles. The molecule has 0 saturated carbocycles. The summed E-state index contributed by atoms with van der Waals surface area (Å²) >= 11 is 25.5. The molecule has 1 aromatic rings. The van der Waals surface area contributed by atoms with Gasteiger partial charge in [0.05, 0.1) is 29.3 Å². The maximum absolute atomic E-state index is 11.6. The van der Waals surface area contributed by atoms with E-state index in [0.717, 1.165) is 16.3 Å². The summed E-state index contributed by atoms with van der Waals surface area (Å²) in [6.07, 6.45) is -0.660. The minimum Gasteiger partial charge on any atom is -0.494 e. The zero-order valence-electron chi connectivity index (χ0n) is 10.2. The molecule has 1 aliphatic rings. The molecule has 0 atom stereocenters. The fraction of sp³-hybridized carbons (Fsp3) is 0.182. The van der Waals surface area contributed by atoms with Gasteiger partial charge in [-0.05, 0) is 6.07 Å². The lowest BCUT2D eigenvalue weighted by atomic mass is 10.2. The number of hydrogen-bond donors (Lipinski definition) is 0. The number of carbonyl (C=O) groups excluding carboxylic acids is 1. The van der Waals surface area contributed by atoms with Gasteiger partial charge in [0.1, 0.15) is 5.16 Å². The molecule has 4 nitrogen and oxygen atoms in total. The molecule has 108 valence electrons. The van der Waals surface area contributed by atoms with Crippen molar-refractivity contribution < 1.29 is 14.3 Å². The summed E-state index contributed by atoms with van der Waals surface area (Å²) in [4.78, 5) is 12.2. The van der Waals surface area contributed by atoms with Crippen LogP contribution in [0.1, 0.15) is 5.56 Å². The van der Waals surface area contributed by atoms with Crippen molar-refractivity contribution in [2.45, 2.75) is 4.90 Å². The fourth-order valence-electron chi connectivity index (χ4n) is 1.57. The Labute approximate surface area is 139 Å². The molecule has 0 N–H and O–H groups in total. The van der Waals surface area contributed by atoms with E-state index in [1.807, 2.05) is 0 Å². The first-order valence-electron chi connectivity index (χ1n) is 5.10. The van der Waals surface area contributed by atoms with E-state index in [1.165, 1.54) is 14.2 Å². The quantitative estimate of drug-likeness (QED) is 0.500. The highest BCUT2D eigenvalue weighted by Gasteiger charge is 2.32. The number of amides is 1. The molecule has 0 aromatic heterocycles. The van der Waals surface area contributed by atoms with Crippen molar-refractivity contribution in [3.05, 3.63) is 26.8 Å². The lowest BCUT2D eigenvalue weighted by Gasteiger charge is -2.27. The normalized spacial score (nSPS) is 14.2. The number of carbonyl (C=O) groups is 1. The van der Waals surface area contributed by atoms with E-state index >= 15 is 0 Å². The lowest BCUT2D eigenvalue weighted by Crippen LogP contribution is -2.24. The van der Waals surface area contributed by atoms with E-state index in [9.17, 15) is 4.79 Å². The van der Waals surface area contributed by atoms with Crippen LogP contribution in [0.5, 0.6) is 5.75 Å². The summed E-state index contributed by atoms with van der Waals surface area (Å²) < 4.78 is 10.8. The average molecular weight is 375 g/mol.